The van der Waals surface area contributed by atoms with Crippen molar-refractivity contribution in [2.24, 2.45) is 50.7 Å². The summed E-state index contributed by atoms with van der Waals surface area (Å²) in [6, 6.07) is 0. The maximum absolute atomic E-state index is 13.5. The Balaban J connectivity index is 0.00000121. The third kappa shape index (κ3) is 5.55. The Morgan fingerprint density at radius 3 is 2.23 bits per heavy atom. The predicted octanol–water partition coefficient (Wildman–Crippen LogP) is 9.72. The molecule has 4 nitrogen and oxygen atoms in total. The van der Waals surface area contributed by atoms with E-state index in [1.807, 2.05) is 6.92 Å². The molecule has 5 saturated carbocycles. The first-order valence-corrected chi connectivity index (χ1v) is 16.8. The molecule has 0 saturated heterocycles. The van der Waals surface area contributed by atoms with E-state index in [1.54, 1.807) is 12.2 Å². The van der Waals surface area contributed by atoms with Gasteiger partial charge >= 0.3 is 11.9 Å². The minimum absolute atomic E-state index is 0. The number of rotatable bonds is 6. The Kier molecular flexibility index (Phi) is 10.8. The zero-order valence-electron chi connectivity index (χ0n) is 27.6. The van der Waals surface area contributed by atoms with Crippen LogP contribution in [-0.2, 0) is 19.1 Å². The van der Waals surface area contributed by atoms with Crippen molar-refractivity contribution >= 4 is 11.9 Å². The van der Waals surface area contributed by atoms with Crippen molar-refractivity contribution in [1.29, 1.82) is 0 Å². The summed E-state index contributed by atoms with van der Waals surface area (Å²) >= 11 is 0. The zero-order valence-corrected chi connectivity index (χ0v) is 27.6. The zero-order chi connectivity index (χ0) is 31.0. The van der Waals surface area contributed by atoms with Gasteiger partial charge in [-0.2, -0.15) is 0 Å². The van der Waals surface area contributed by atoms with Crippen LogP contribution in [0.5, 0.6) is 0 Å². The summed E-state index contributed by atoms with van der Waals surface area (Å²) in [7, 11) is 0. The Morgan fingerprint density at radius 1 is 0.884 bits per heavy atom. The van der Waals surface area contributed by atoms with E-state index in [0.29, 0.717) is 43.1 Å². The number of fused-ring (bicyclic) bond motifs is 7. The first kappa shape index (κ1) is 35.5. The van der Waals surface area contributed by atoms with Gasteiger partial charge in [0.15, 0.2) is 0 Å². The number of allylic oxidation sites excluding steroid dienone is 1. The highest BCUT2D eigenvalue weighted by atomic mass is 16.5. The highest BCUT2D eigenvalue weighted by Gasteiger charge is 2.71. The molecule has 0 amide bonds. The monoisotopic (exact) mass is 594 g/mol. The quantitative estimate of drug-likeness (QED) is 0.174. The molecular weight excluding hydrogens is 532 g/mol. The van der Waals surface area contributed by atoms with Gasteiger partial charge in [0.05, 0.1) is 11.8 Å². The van der Waals surface area contributed by atoms with Crippen LogP contribution in [0.25, 0.3) is 0 Å². The average Bonchev–Trinajstić information content (AvgIpc) is 3.38. The van der Waals surface area contributed by atoms with Crippen LogP contribution in [0.3, 0.4) is 0 Å². The fourth-order valence-electron chi connectivity index (χ4n) is 11.8. The maximum atomic E-state index is 13.5. The molecule has 4 heteroatoms. The molecule has 5 fully saturated rings. The van der Waals surface area contributed by atoms with Gasteiger partial charge in [-0.25, -0.2) is 0 Å². The van der Waals surface area contributed by atoms with Crippen LogP contribution in [0.2, 0.25) is 0 Å². The topological polar surface area (TPSA) is 52.6 Å². The molecule has 0 spiro atoms. The average molecular weight is 595 g/mol. The van der Waals surface area contributed by atoms with Crippen LogP contribution in [0.1, 0.15) is 132 Å². The van der Waals surface area contributed by atoms with Crippen LogP contribution in [0, 0.1) is 63.1 Å². The van der Waals surface area contributed by atoms with Crippen molar-refractivity contribution < 1.29 is 19.1 Å². The van der Waals surface area contributed by atoms with E-state index >= 15 is 0 Å². The Morgan fingerprint density at radius 2 is 1.58 bits per heavy atom. The number of carbonyl (C=O) groups excluding carboxylic acids is 2. The molecule has 0 bridgehead atoms. The van der Waals surface area contributed by atoms with E-state index < -0.39 is 0 Å². The van der Waals surface area contributed by atoms with Crippen LogP contribution in [0.4, 0.5) is 0 Å². The minimum atomic E-state index is -0.277. The molecule has 0 aromatic carbocycles. The number of carbonyl (C=O) groups is 2. The van der Waals surface area contributed by atoms with Gasteiger partial charge in [-0.1, -0.05) is 67.2 Å². The van der Waals surface area contributed by atoms with Gasteiger partial charge in [0, 0.05) is 11.8 Å². The lowest BCUT2D eigenvalue weighted by Crippen LogP contribution is -2.66. The van der Waals surface area contributed by atoms with Crippen molar-refractivity contribution in [3.05, 3.63) is 25.3 Å². The van der Waals surface area contributed by atoms with Crippen LogP contribution < -0.4 is 0 Å². The summed E-state index contributed by atoms with van der Waals surface area (Å²) in [5.41, 5.74) is 0.400. The molecule has 43 heavy (non-hydrogen) atoms. The standard InChI is InChI=1S/C35H52O4.C3H6.CH4/c1-8-10-13-29(36)39-28-17-19-32(5)26(31(28,3)4)16-20-34(7)27(32)15-14-24-25-12-11-18-35(25,22-21-33(24,34)6)30(37)38-23-9-2;1-3-2;/h1,9,24-28H,2,10-23H2,3-7H3;3H,1H2,2H3;1H4/t24?,25?,26?,27?,28?,32?,33-,34?,35?;;/m1../s1. The van der Waals surface area contributed by atoms with E-state index in [9.17, 15) is 9.59 Å². The first-order chi connectivity index (χ1) is 19.8. The van der Waals surface area contributed by atoms with E-state index in [2.05, 4.69) is 53.7 Å². The van der Waals surface area contributed by atoms with Crippen molar-refractivity contribution in [2.75, 3.05) is 6.61 Å². The summed E-state index contributed by atoms with van der Waals surface area (Å²) in [6.07, 6.45) is 21.9. The summed E-state index contributed by atoms with van der Waals surface area (Å²) < 4.78 is 11.8. The normalized spacial score (nSPS) is 41.9. The summed E-state index contributed by atoms with van der Waals surface area (Å²) in [4.78, 5) is 26.0. The highest BCUT2D eigenvalue weighted by Crippen LogP contribution is 2.77. The molecular formula is C39H62O4. The SMILES string of the molecule is C.C#CCCC(=O)OC1CCC2(C)C(CCC3(C)C2CCC2C4CCCC4(C(=O)OCC=C)CC[C@]23C)C1(C)C.C=CC. The molecule has 8 unspecified atom stereocenters. The molecule has 0 aromatic rings. The van der Waals surface area contributed by atoms with E-state index in [1.165, 1.54) is 32.1 Å². The molecule has 0 radical (unpaired) electrons. The van der Waals surface area contributed by atoms with Crippen molar-refractivity contribution in [3.8, 4) is 12.3 Å². The number of hydrogen-bond acceptors (Lipinski definition) is 4. The Hall–Kier alpha value is -2.02. The van der Waals surface area contributed by atoms with Gasteiger partial charge in [0.2, 0.25) is 0 Å². The van der Waals surface area contributed by atoms with Gasteiger partial charge < -0.3 is 9.47 Å². The predicted molar refractivity (Wildman–Crippen MR) is 177 cm³/mol. The molecule has 5 aliphatic carbocycles. The number of terminal acetylenes is 1. The van der Waals surface area contributed by atoms with Crippen LogP contribution in [0.15, 0.2) is 25.3 Å². The van der Waals surface area contributed by atoms with E-state index in [-0.39, 0.29) is 52.5 Å². The molecule has 0 aromatic heterocycles. The second-order valence-corrected chi connectivity index (χ2v) is 15.7. The molecule has 9 atom stereocenters. The minimum Gasteiger partial charge on any atom is -0.462 e. The van der Waals surface area contributed by atoms with E-state index in [4.69, 9.17) is 15.9 Å². The number of esters is 2. The smallest absolute Gasteiger partial charge is 0.312 e. The highest BCUT2D eigenvalue weighted by molar-refractivity contribution is 5.78. The van der Waals surface area contributed by atoms with Gasteiger partial charge in [-0.15, -0.1) is 18.9 Å². The van der Waals surface area contributed by atoms with Crippen LogP contribution in [-0.4, -0.2) is 24.6 Å². The van der Waals surface area contributed by atoms with Crippen molar-refractivity contribution in [1.82, 2.24) is 0 Å². The lowest BCUT2D eigenvalue weighted by molar-refractivity contribution is -0.249. The Labute approximate surface area is 264 Å². The fourth-order valence-corrected chi connectivity index (χ4v) is 11.8. The molecule has 0 N–H and O–H groups in total. The second-order valence-electron chi connectivity index (χ2n) is 15.7. The summed E-state index contributed by atoms with van der Waals surface area (Å²) in [5, 5.41) is 0. The fraction of sp³-hybridized carbons (Fsp3) is 0.795. The number of hydrogen-bond donors (Lipinski definition) is 0. The third-order valence-electron chi connectivity index (χ3n) is 13.8. The van der Waals surface area contributed by atoms with Crippen molar-refractivity contribution in [3.63, 3.8) is 0 Å². The lowest BCUT2D eigenvalue weighted by atomic mass is 9.32. The van der Waals surface area contributed by atoms with Crippen LogP contribution >= 0.6 is 0 Å². The maximum Gasteiger partial charge on any atom is 0.312 e. The molecule has 242 valence electrons. The second kappa shape index (κ2) is 13.1. The largest absolute Gasteiger partial charge is 0.462 e. The number of ether oxygens (including phenoxy) is 2. The summed E-state index contributed by atoms with van der Waals surface area (Å²) in [5.74, 6) is 4.71. The van der Waals surface area contributed by atoms with Crippen molar-refractivity contribution in [2.45, 2.75) is 139 Å². The van der Waals surface area contributed by atoms with E-state index in [0.717, 1.165) is 38.5 Å². The first-order valence-electron chi connectivity index (χ1n) is 16.8. The molecule has 5 rings (SSSR count). The summed E-state index contributed by atoms with van der Waals surface area (Å²) in [6.45, 7) is 21.9. The van der Waals surface area contributed by atoms with Gasteiger partial charge in [0.25, 0.3) is 0 Å². The van der Waals surface area contributed by atoms with Gasteiger partial charge in [-0.05, 0) is 111 Å². The third-order valence-corrected chi connectivity index (χ3v) is 13.8. The lowest BCUT2D eigenvalue weighted by Gasteiger charge is -2.72. The molecule has 0 heterocycles. The molecule has 0 aliphatic heterocycles. The van der Waals surface area contributed by atoms with Gasteiger partial charge in [0.1, 0.15) is 12.7 Å². The molecule has 5 aliphatic rings. The van der Waals surface area contributed by atoms with Gasteiger partial charge in [-0.3, -0.25) is 9.59 Å². The Bertz CT molecular complexity index is 1080.